The average Bonchev–Trinajstić information content (AvgIpc) is 3.10. The van der Waals surface area contributed by atoms with Crippen LogP contribution in [0.5, 0.6) is 5.75 Å². The van der Waals surface area contributed by atoms with Gasteiger partial charge in [0.15, 0.2) is 0 Å². The maximum atomic E-state index is 12.0. The van der Waals surface area contributed by atoms with E-state index in [9.17, 15) is 9.82 Å². The molecule has 1 fully saturated rings. The summed E-state index contributed by atoms with van der Waals surface area (Å²) in [7, 11) is -0.956. The molecule has 130 valence electrons. The van der Waals surface area contributed by atoms with Crippen LogP contribution in [0, 0.1) is 5.92 Å². The lowest BCUT2D eigenvalue weighted by atomic mass is 9.74. The molecular formula is C17H21BN4O3. The highest BCUT2D eigenvalue weighted by Gasteiger charge is 2.33. The summed E-state index contributed by atoms with van der Waals surface area (Å²) < 4.78 is 5.55. The van der Waals surface area contributed by atoms with E-state index in [-0.39, 0.29) is 11.9 Å². The van der Waals surface area contributed by atoms with Crippen molar-refractivity contribution in [2.45, 2.75) is 19.8 Å². The van der Waals surface area contributed by atoms with Crippen LogP contribution in [0.1, 0.15) is 25.3 Å². The molecule has 2 amide bonds. The molecule has 7 nitrogen and oxygen atoms in total. The highest BCUT2D eigenvalue weighted by molar-refractivity contribution is 6.52. The van der Waals surface area contributed by atoms with Gasteiger partial charge in [0, 0.05) is 36.8 Å². The van der Waals surface area contributed by atoms with Crippen LogP contribution in [0.4, 0.5) is 4.79 Å². The van der Waals surface area contributed by atoms with Crippen LogP contribution in [-0.4, -0.2) is 52.7 Å². The molecule has 0 atom stereocenters. The first-order valence-corrected chi connectivity index (χ1v) is 8.73. The Morgan fingerprint density at radius 1 is 1.52 bits per heavy atom. The van der Waals surface area contributed by atoms with Crippen molar-refractivity contribution in [3.8, 4) is 5.75 Å². The van der Waals surface area contributed by atoms with Crippen LogP contribution < -0.4 is 9.97 Å². The van der Waals surface area contributed by atoms with E-state index in [1.807, 2.05) is 24.1 Å². The molecular weight excluding hydrogens is 319 g/mol. The van der Waals surface area contributed by atoms with Gasteiger partial charge in [-0.25, -0.2) is 9.78 Å². The molecule has 0 bridgehead atoms. The normalized spacial score (nSPS) is 17.9. The number of fused-ring (bicyclic) bond motifs is 3. The fraction of sp³-hybridized carbons (Fsp3) is 0.412. The standard InChI is InChI=1S/C17H21BN4O3/c1-2-19-17(23)22-7-4-11(5-8-22)13-9-18(24)25-14-10-21-16-12(15(13)14)3-6-20-16/h3,6,9-11,24H,2,4-5,7-8H2,1H3,(H,19,23)(H,20,21). The van der Waals surface area contributed by atoms with Crippen LogP contribution in [0.3, 0.4) is 0 Å². The minimum absolute atomic E-state index is 0.000401. The number of H-pyrrole nitrogens is 1. The molecule has 3 N–H and O–H groups in total. The number of aromatic nitrogens is 2. The number of pyridine rings is 1. The molecule has 0 spiro atoms. The first-order chi connectivity index (χ1) is 12.2. The summed E-state index contributed by atoms with van der Waals surface area (Å²) in [6.45, 7) is 3.98. The van der Waals surface area contributed by atoms with Crippen molar-refractivity contribution >= 4 is 29.8 Å². The number of hydrogen-bond acceptors (Lipinski definition) is 4. The summed E-state index contributed by atoms with van der Waals surface area (Å²) in [6.07, 6.45) is 5.25. The number of hydrogen-bond donors (Lipinski definition) is 3. The van der Waals surface area contributed by atoms with Gasteiger partial charge in [0.05, 0.1) is 6.20 Å². The molecule has 1 saturated heterocycles. The zero-order chi connectivity index (χ0) is 17.4. The number of carbonyl (C=O) groups excluding carboxylic acids is 1. The Morgan fingerprint density at radius 3 is 3.08 bits per heavy atom. The predicted molar refractivity (Wildman–Crippen MR) is 96.0 cm³/mol. The van der Waals surface area contributed by atoms with E-state index < -0.39 is 7.12 Å². The Labute approximate surface area is 146 Å². The van der Waals surface area contributed by atoms with Crippen LogP contribution in [0.15, 0.2) is 24.4 Å². The van der Waals surface area contributed by atoms with Crippen molar-refractivity contribution in [2.24, 2.45) is 5.92 Å². The van der Waals surface area contributed by atoms with Crippen molar-refractivity contribution in [1.29, 1.82) is 0 Å². The van der Waals surface area contributed by atoms with E-state index in [0.717, 1.165) is 35.0 Å². The van der Waals surface area contributed by atoms with Crippen LogP contribution in [0.2, 0.25) is 0 Å². The third-order valence-electron chi connectivity index (χ3n) is 4.96. The quantitative estimate of drug-likeness (QED) is 0.727. The Balaban J connectivity index is 1.61. The molecule has 2 aliphatic heterocycles. The van der Waals surface area contributed by atoms with E-state index in [0.29, 0.717) is 25.4 Å². The highest BCUT2D eigenvalue weighted by Crippen LogP contribution is 2.42. The second kappa shape index (κ2) is 6.44. The van der Waals surface area contributed by atoms with E-state index in [1.165, 1.54) is 0 Å². The van der Waals surface area contributed by atoms with Crippen molar-refractivity contribution in [1.82, 2.24) is 20.2 Å². The van der Waals surface area contributed by atoms with Gasteiger partial charge >= 0.3 is 13.1 Å². The van der Waals surface area contributed by atoms with Crippen molar-refractivity contribution < 1.29 is 14.5 Å². The second-order valence-corrected chi connectivity index (χ2v) is 6.46. The number of carbonyl (C=O) groups is 1. The van der Waals surface area contributed by atoms with Gasteiger partial charge in [0.2, 0.25) is 0 Å². The molecule has 4 rings (SSSR count). The maximum absolute atomic E-state index is 12.0. The van der Waals surface area contributed by atoms with E-state index in [4.69, 9.17) is 4.65 Å². The summed E-state index contributed by atoms with van der Waals surface area (Å²) in [6, 6.07) is 1.99. The van der Waals surface area contributed by atoms with Crippen LogP contribution in [-0.2, 0) is 0 Å². The molecule has 0 radical (unpaired) electrons. The van der Waals surface area contributed by atoms with Gasteiger partial charge in [0.25, 0.3) is 0 Å². The van der Waals surface area contributed by atoms with Gasteiger partial charge in [-0.05, 0) is 43.3 Å². The zero-order valence-electron chi connectivity index (χ0n) is 14.2. The Morgan fingerprint density at radius 2 is 2.32 bits per heavy atom. The number of urea groups is 1. The third kappa shape index (κ3) is 2.86. The molecule has 2 aliphatic rings. The Hall–Kier alpha value is -2.48. The van der Waals surface area contributed by atoms with E-state index in [1.54, 1.807) is 12.2 Å². The Bertz CT molecular complexity index is 826. The zero-order valence-corrected chi connectivity index (χ0v) is 14.2. The molecule has 2 aromatic rings. The number of nitrogens with one attached hydrogen (secondary N) is 2. The molecule has 8 heteroatoms. The van der Waals surface area contributed by atoms with E-state index >= 15 is 0 Å². The predicted octanol–water partition coefficient (Wildman–Crippen LogP) is 1.80. The summed E-state index contributed by atoms with van der Waals surface area (Å²) in [5.41, 5.74) is 2.91. The van der Waals surface area contributed by atoms with Gasteiger partial charge in [-0.3, -0.25) is 0 Å². The molecule has 0 aromatic carbocycles. The highest BCUT2D eigenvalue weighted by atomic mass is 16.5. The minimum atomic E-state index is -0.956. The monoisotopic (exact) mass is 340 g/mol. The molecule has 25 heavy (non-hydrogen) atoms. The number of amides is 2. The number of allylic oxidation sites excluding steroid dienone is 1. The minimum Gasteiger partial charge on any atom is -0.531 e. The first-order valence-electron chi connectivity index (χ1n) is 8.73. The number of aromatic amines is 1. The van der Waals surface area contributed by atoms with Gasteiger partial charge in [0.1, 0.15) is 11.4 Å². The largest absolute Gasteiger partial charge is 0.552 e. The topological polar surface area (TPSA) is 90.5 Å². The van der Waals surface area contributed by atoms with Gasteiger partial charge in [-0.1, -0.05) is 0 Å². The molecule has 4 heterocycles. The lowest BCUT2D eigenvalue weighted by Crippen LogP contribution is -2.44. The molecule has 2 aromatic heterocycles. The third-order valence-corrected chi connectivity index (χ3v) is 4.96. The number of likely N-dealkylation sites (tertiary alicyclic amines) is 1. The second-order valence-electron chi connectivity index (χ2n) is 6.46. The van der Waals surface area contributed by atoms with Crippen molar-refractivity contribution in [3.63, 3.8) is 0 Å². The van der Waals surface area contributed by atoms with Crippen molar-refractivity contribution in [3.05, 3.63) is 30.0 Å². The Kier molecular flexibility index (Phi) is 4.13. The first kappa shape index (κ1) is 16.0. The summed E-state index contributed by atoms with van der Waals surface area (Å²) >= 11 is 0. The fourth-order valence-electron chi connectivity index (χ4n) is 3.77. The van der Waals surface area contributed by atoms with Crippen LogP contribution >= 0.6 is 0 Å². The SMILES string of the molecule is CCNC(=O)N1CCC(C2=CB(O)Oc3cnc4[nH]ccc4c32)CC1. The molecule has 0 aliphatic carbocycles. The lowest BCUT2D eigenvalue weighted by Gasteiger charge is -2.35. The number of nitrogens with zero attached hydrogens (tertiary/aromatic N) is 2. The van der Waals surface area contributed by atoms with Gasteiger partial charge in [-0.2, -0.15) is 0 Å². The molecule has 0 saturated carbocycles. The fourth-order valence-corrected chi connectivity index (χ4v) is 3.77. The average molecular weight is 340 g/mol. The van der Waals surface area contributed by atoms with Gasteiger partial charge < -0.3 is 24.9 Å². The summed E-state index contributed by atoms with van der Waals surface area (Å²) in [5.74, 6) is 2.69. The summed E-state index contributed by atoms with van der Waals surface area (Å²) in [4.78, 5) is 21.3. The lowest BCUT2D eigenvalue weighted by molar-refractivity contribution is 0.180. The summed E-state index contributed by atoms with van der Waals surface area (Å²) in [5, 5.41) is 13.9. The van der Waals surface area contributed by atoms with Crippen molar-refractivity contribution in [2.75, 3.05) is 19.6 Å². The van der Waals surface area contributed by atoms with Gasteiger partial charge in [-0.15, -0.1) is 0 Å². The smallest absolute Gasteiger partial charge is 0.531 e. The van der Waals surface area contributed by atoms with E-state index in [2.05, 4.69) is 15.3 Å². The van der Waals surface area contributed by atoms with Crippen LogP contribution in [0.25, 0.3) is 16.6 Å². The maximum Gasteiger partial charge on any atom is 0.552 e. The number of rotatable bonds is 2. The number of piperidine rings is 1. The molecule has 0 unspecified atom stereocenters.